The third kappa shape index (κ3) is 5.07. The molecule has 27 heavy (non-hydrogen) atoms. The number of rotatable bonds is 7. The monoisotopic (exact) mass is 390 g/mol. The van der Waals surface area contributed by atoms with Crippen molar-refractivity contribution in [1.82, 2.24) is 14.5 Å². The zero-order valence-corrected chi connectivity index (χ0v) is 15.9. The third-order valence-corrected chi connectivity index (χ3v) is 5.88. The molecule has 9 heteroatoms. The van der Waals surface area contributed by atoms with Crippen LogP contribution in [0.4, 0.5) is 0 Å². The van der Waals surface area contributed by atoms with Crippen LogP contribution in [0.1, 0.15) is 18.9 Å². The smallest absolute Gasteiger partial charge is 0.211 e. The molecule has 0 saturated carbocycles. The normalized spacial score (nSPS) is 20.1. The molecule has 0 aliphatic carbocycles. The molecule has 144 valence electrons. The van der Waals surface area contributed by atoms with Crippen molar-refractivity contribution in [2.75, 3.05) is 25.6 Å². The fourth-order valence-corrected chi connectivity index (χ4v) is 3.79. The highest BCUT2D eigenvalue weighted by Crippen LogP contribution is 2.20. The average Bonchev–Trinajstić information content (AvgIpc) is 3.17. The molecule has 1 aromatic carbocycles. The molecule has 0 radical (unpaired) electrons. The highest BCUT2D eigenvalue weighted by molar-refractivity contribution is 7.89. The van der Waals surface area contributed by atoms with Crippen molar-refractivity contribution in [2.24, 2.45) is 5.92 Å². The maximum atomic E-state index is 11.9. The van der Waals surface area contributed by atoms with Crippen LogP contribution in [0.5, 0.6) is 5.75 Å². The summed E-state index contributed by atoms with van der Waals surface area (Å²) in [6, 6.07) is 9.18. The number of aromatic nitrogens is 2. The van der Waals surface area contributed by atoms with Gasteiger partial charge in [0.1, 0.15) is 11.8 Å². The minimum atomic E-state index is -3.27. The lowest BCUT2D eigenvalue weighted by atomic mass is 9.98. The summed E-state index contributed by atoms with van der Waals surface area (Å²) in [6.45, 7) is 2.97. The summed E-state index contributed by atoms with van der Waals surface area (Å²) in [5, 5.41) is 13.0. The molecule has 1 saturated heterocycles. The van der Waals surface area contributed by atoms with E-state index in [0.717, 1.165) is 5.69 Å². The topological polar surface area (TPSA) is 106 Å². The van der Waals surface area contributed by atoms with Gasteiger partial charge in [-0.1, -0.05) is 0 Å². The van der Waals surface area contributed by atoms with E-state index in [9.17, 15) is 8.42 Å². The van der Waals surface area contributed by atoms with Gasteiger partial charge in [-0.15, -0.1) is 0 Å². The summed E-state index contributed by atoms with van der Waals surface area (Å²) >= 11 is 0. The van der Waals surface area contributed by atoms with Gasteiger partial charge >= 0.3 is 0 Å². The lowest BCUT2D eigenvalue weighted by Crippen LogP contribution is -2.47. The van der Waals surface area contributed by atoms with Gasteiger partial charge < -0.3 is 9.47 Å². The predicted octanol–water partition coefficient (Wildman–Crippen LogP) is 1.47. The first-order valence-electron chi connectivity index (χ1n) is 8.76. The van der Waals surface area contributed by atoms with Crippen molar-refractivity contribution < 1.29 is 17.9 Å². The van der Waals surface area contributed by atoms with Crippen LogP contribution in [0, 0.1) is 17.2 Å². The number of nitrogens with one attached hydrogen (secondary N) is 1. The SMILES string of the molecule is CCS(=O)(=O)NC1CCOCC1COc1ccc(-n2cc(C#N)cn2)cc1. The fraction of sp³-hybridized carbons (Fsp3) is 0.444. The fourth-order valence-electron chi connectivity index (χ4n) is 2.85. The molecular formula is C18H22N4O4S. The maximum absolute atomic E-state index is 11.9. The number of sulfonamides is 1. The van der Waals surface area contributed by atoms with Crippen LogP contribution in [0.3, 0.4) is 0 Å². The number of hydrogen-bond acceptors (Lipinski definition) is 6. The molecule has 0 amide bonds. The minimum absolute atomic E-state index is 0.0518. The van der Waals surface area contributed by atoms with E-state index in [4.69, 9.17) is 14.7 Å². The van der Waals surface area contributed by atoms with E-state index in [1.807, 2.05) is 30.3 Å². The highest BCUT2D eigenvalue weighted by atomic mass is 32.2. The van der Waals surface area contributed by atoms with E-state index >= 15 is 0 Å². The van der Waals surface area contributed by atoms with Crippen molar-refractivity contribution in [3.8, 4) is 17.5 Å². The first kappa shape index (κ1) is 19.4. The Morgan fingerprint density at radius 3 is 2.85 bits per heavy atom. The molecule has 1 fully saturated rings. The molecule has 8 nitrogen and oxygen atoms in total. The van der Waals surface area contributed by atoms with Gasteiger partial charge in [0.05, 0.1) is 36.4 Å². The Morgan fingerprint density at radius 1 is 1.41 bits per heavy atom. The highest BCUT2D eigenvalue weighted by Gasteiger charge is 2.29. The molecule has 0 spiro atoms. The van der Waals surface area contributed by atoms with Crippen LogP contribution in [0.15, 0.2) is 36.7 Å². The van der Waals surface area contributed by atoms with Gasteiger partial charge in [0.15, 0.2) is 0 Å². The molecule has 1 N–H and O–H groups in total. The Morgan fingerprint density at radius 2 is 2.19 bits per heavy atom. The van der Waals surface area contributed by atoms with E-state index in [1.54, 1.807) is 17.8 Å². The summed E-state index contributed by atoms with van der Waals surface area (Å²) in [5.41, 5.74) is 1.31. The standard InChI is InChI=1S/C18H22N4O4S/c1-2-27(23,24)21-18-7-8-25-12-15(18)13-26-17-5-3-16(4-6-17)22-11-14(9-19)10-20-22/h3-6,10-11,15,18,21H,2,7-8,12-13H2,1H3. The van der Waals surface area contributed by atoms with Crippen molar-refractivity contribution in [3.05, 3.63) is 42.2 Å². The Labute approximate surface area is 158 Å². The van der Waals surface area contributed by atoms with Crippen LogP contribution in [-0.4, -0.2) is 49.8 Å². The first-order chi connectivity index (χ1) is 13.0. The van der Waals surface area contributed by atoms with Gasteiger partial charge in [0.2, 0.25) is 10.0 Å². The van der Waals surface area contributed by atoms with E-state index in [1.165, 1.54) is 6.20 Å². The lowest BCUT2D eigenvalue weighted by Gasteiger charge is -2.31. The van der Waals surface area contributed by atoms with Crippen molar-refractivity contribution in [3.63, 3.8) is 0 Å². The molecule has 3 rings (SSSR count). The van der Waals surface area contributed by atoms with Gasteiger partial charge in [-0.2, -0.15) is 10.4 Å². The van der Waals surface area contributed by atoms with Gasteiger partial charge in [0.25, 0.3) is 0 Å². The Hall–Kier alpha value is -2.41. The third-order valence-electron chi connectivity index (χ3n) is 4.46. The molecule has 1 aliphatic rings. The first-order valence-corrected chi connectivity index (χ1v) is 10.4. The largest absolute Gasteiger partial charge is 0.493 e. The number of nitriles is 1. The minimum Gasteiger partial charge on any atom is -0.493 e. The van der Waals surface area contributed by atoms with E-state index in [-0.39, 0.29) is 17.7 Å². The number of hydrogen-bond donors (Lipinski definition) is 1. The summed E-state index contributed by atoms with van der Waals surface area (Å²) < 4.78 is 39.4. The molecule has 2 atom stereocenters. The van der Waals surface area contributed by atoms with Gasteiger partial charge in [-0.3, -0.25) is 0 Å². The molecule has 1 aliphatic heterocycles. The quantitative estimate of drug-likeness (QED) is 0.767. The second-order valence-corrected chi connectivity index (χ2v) is 8.38. The van der Waals surface area contributed by atoms with Crippen molar-refractivity contribution in [1.29, 1.82) is 5.26 Å². The maximum Gasteiger partial charge on any atom is 0.211 e. The van der Waals surface area contributed by atoms with Gasteiger partial charge in [0, 0.05) is 24.8 Å². The molecule has 0 bridgehead atoms. The average molecular weight is 390 g/mol. The summed E-state index contributed by atoms with van der Waals surface area (Å²) in [7, 11) is -3.27. The second kappa shape index (κ2) is 8.52. The summed E-state index contributed by atoms with van der Waals surface area (Å²) in [4.78, 5) is 0. The van der Waals surface area contributed by atoms with Gasteiger partial charge in [-0.25, -0.2) is 17.8 Å². The Bertz CT molecular complexity index is 902. The molecular weight excluding hydrogens is 368 g/mol. The molecule has 2 aromatic rings. The van der Waals surface area contributed by atoms with Crippen LogP contribution in [-0.2, 0) is 14.8 Å². The molecule has 2 heterocycles. The number of ether oxygens (including phenoxy) is 2. The molecule has 1 aromatic heterocycles. The Kier molecular flexibility index (Phi) is 6.11. The van der Waals surface area contributed by atoms with Crippen LogP contribution in [0.2, 0.25) is 0 Å². The zero-order chi connectivity index (χ0) is 19.3. The van der Waals surface area contributed by atoms with Crippen molar-refractivity contribution in [2.45, 2.75) is 19.4 Å². The van der Waals surface area contributed by atoms with E-state index in [2.05, 4.69) is 9.82 Å². The number of benzene rings is 1. The lowest BCUT2D eigenvalue weighted by molar-refractivity contribution is 0.0186. The predicted molar refractivity (Wildman–Crippen MR) is 99.1 cm³/mol. The van der Waals surface area contributed by atoms with Gasteiger partial charge in [-0.05, 0) is 37.6 Å². The second-order valence-electron chi connectivity index (χ2n) is 6.34. The van der Waals surface area contributed by atoms with Crippen LogP contribution < -0.4 is 9.46 Å². The number of nitrogens with zero attached hydrogens (tertiary/aromatic N) is 3. The van der Waals surface area contributed by atoms with E-state index in [0.29, 0.717) is 37.6 Å². The van der Waals surface area contributed by atoms with Crippen LogP contribution in [0.25, 0.3) is 5.69 Å². The summed E-state index contributed by atoms with van der Waals surface area (Å²) in [5.74, 6) is 0.679. The summed E-state index contributed by atoms with van der Waals surface area (Å²) in [6.07, 6.45) is 3.79. The molecule has 2 unspecified atom stereocenters. The van der Waals surface area contributed by atoms with Crippen molar-refractivity contribution >= 4 is 10.0 Å². The zero-order valence-electron chi connectivity index (χ0n) is 15.0. The van der Waals surface area contributed by atoms with E-state index < -0.39 is 10.0 Å². The van der Waals surface area contributed by atoms with Crippen LogP contribution >= 0.6 is 0 Å². The Balaban J connectivity index is 1.60.